The van der Waals surface area contributed by atoms with Gasteiger partial charge in [-0.05, 0) is 12.1 Å². The van der Waals surface area contributed by atoms with Gasteiger partial charge in [-0.2, -0.15) is 0 Å². The standard InChI is InChI=1S/C8H4FO3/c9-6-3-1-2-5(4-10)7(6)8(11)12/h1-3H,(H,11,12). The summed E-state index contributed by atoms with van der Waals surface area (Å²) in [6.07, 6.45) is 1.35. The van der Waals surface area contributed by atoms with Gasteiger partial charge in [0.2, 0.25) is 6.29 Å². The second kappa shape index (κ2) is 3.13. The molecule has 1 rings (SSSR count). The lowest BCUT2D eigenvalue weighted by Crippen LogP contribution is -2.05. The first-order chi connectivity index (χ1) is 5.66. The minimum Gasteiger partial charge on any atom is -0.478 e. The lowest BCUT2D eigenvalue weighted by molar-refractivity contribution is 0.0691. The van der Waals surface area contributed by atoms with Crippen molar-refractivity contribution in [3.8, 4) is 0 Å². The van der Waals surface area contributed by atoms with Crippen molar-refractivity contribution in [1.29, 1.82) is 0 Å². The van der Waals surface area contributed by atoms with E-state index in [1.165, 1.54) is 18.4 Å². The molecule has 0 atom stereocenters. The fourth-order valence-corrected chi connectivity index (χ4v) is 0.827. The summed E-state index contributed by atoms with van der Waals surface area (Å²) in [5.74, 6) is -2.39. The van der Waals surface area contributed by atoms with Crippen molar-refractivity contribution < 1.29 is 19.1 Å². The van der Waals surface area contributed by atoms with Gasteiger partial charge in [0.05, 0.1) is 0 Å². The second-order valence-electron chi connectivity index (χ2n) is 2.07. The van der Waals surface area contributed by atoms with Gasteiger partial charge in [0, 0.05) is 5.56 Å². The van der Waals surface area contributed by atoms with Crippen LogP contribution in [0.4, 0.5) is 4.39 Å². The Morgan fingerprint density at radius 2 is 2.17 bits per heavy atom. The molecular weight excluding hydrogens is 163 g/mol. The van der Waals surface area contributed by atoms with E-state index < -0.39 is 17.3 Å². The molecule has 1 aromatic carbocycles. The SMILES string of the molecule is O=[C]c1cccc(F)c1C(=O)O. The highest BCUT2D eigenvalue weighted by molar-refractivity contribution is 5.97. The number of hydrogen-bond donors (Lipinski definition) is 1. The molecule has 61 valence electrons. The third-order valence-electron chi connectivity index (χ3n) is 1.34. The maximum absolute atomic E-state index is 12.7. The molecule has 0 saturated heterocycles. The molecule has 0 aliphatic rings. The molecule has 0 amide bonds. The van der Waals surface area contributed by atoms with Gasteiger partial charge in [0.15, 0.2) is 0 Å². The molecule has 1 radical (unpaired) electrons. The second-order valence-corrected chi connectivity index (χ2v) is 2.07. The van der Waals surface area contributed by atoms with Crippen LogP contribution in [0.2, 0.25) is 0 Å². The number of carbonyl (C=O) groups excluding carboxylic acids is 1. The summed E-state index contributed by atoms with van der Waals surface area (Å²) in [5, 5.41) is 8.46. The summed E-state index contributed by atoms with van der Waals surface area (Å²) in [4.78, 5) is 20.5. The highest BCUT2D eigenvalue weighted by Crippen LogP contribution is 2.11. The van der Waals surface area contributed by atoms with Crippen molar-refractivity contribution in [2.75, 3.05) is 0 Å². The van der Waals surface area contributed by atoms with Crippen molar-refractivity contribution in [1.82, 2.24) is 0 Å². The van der Waals surface area contributed by atoms with Crippen molar-refractivity contribution in [2.45, 2.75) is 0 Å². The molecule has 0 spiro atoms. The Morgan fingerprint density at radius 1 is 1.50 bits per heavy atom. The zero-order valence-corrected chi connectivity index (χ0v) is 5.87. The summed E-state index contributed by atoms with van der Waals surface area (Å²) >= 11 is 0. The molecule has 0 saturated carbocycles. The topological polar surface area (TPSA) is 54.4 Å². The first kappa shape index (κ1) is 8.39. The van der Waals surface area contributed by atoms with E-state index in [1.54, 1.807) is 0 Å². The van der Waals surface area contributed by atoms with E-state index in [0.717, 1.165) is 6.07 Å². The number of aromatic carboxylic acids is 1. The quantitative estimate of drug-likeness (QED) is 0.714. The lowest BCUT2D eigenvalue weighted by Gasteiger charge is -1.98. The molecule has 12 heavy (non-hydrogen) atoms. The Balaban J connectivity index is 3.39. The van der Waals surface area contributed by atoms with Crippen LogP contribution >= 0.6 is 0 Å². The van der Waals surface area contributed by atoms with Crippen LogP contribution in [-0.4, -0.2) is 17.4 Å². The van der Waals surface area contributed by atoms with E-state index in [0.29, 0.717) is 0 Å². The van der Waals surface area contributed by atoms with Gasteiger partial charge in [-0.1, -0.05) is 6.07 Å². The average molecular weight is 167 g/mol. The maximum Gasteiger partial charge on any atom is 0.339 e. The third kappa shape index (κ3) is 1.32. The third-order valence-corrected chi connectivity index (χ3v) is 1.34. The summed E-state index contributed by atoms with van der Waals surface area (Å²) in [7, 11) is 0. The van der Waals surface area contributed by atoms with E-state index >= 15 is 0 Å². The van der Waals surface area contributed by atoms with Gasteiger partial charge in [0.25, 0.3) is 0 Å². The van der Waals surface area contributed by atoms with Gasteiger partial charge in [-0.15, -0.1) is 0 Å². The lowest BCUT2D eigenvalue weighted by atomic mass is 10.1. The number of carboxylic acid groups (broad SMARTS) is 1. The molecule has 0 bridgehead atoms. The van der Waals surface area contributed by atoms with Crippen LogP contribution in [0.15, 0.2) is 18.2 Å². The number of carbonyl (C=O) groups is 1. The molecule has 1 N–H and O–H groups in total. The molecule has 4 heteroatoms. The Hall–Kier alpha value is -1.71. The summed E-state index contributed by atoms with van der Waals surface area (Å²) in [5.41, 5.74) is -0.907. The molecule has 0 aromatic heterocycles. The number of halogens is 1. The summed E-state index contributed by atoms with van der Waals surface area (Å²) < 4.78 is 12.7. The fraction of sp³-hybridized carbons (Fsp3) is 0. The van der Waals surface area contributed by atoms with Gasteiger partial charge in [-0.25, -0.2) is 9.18 Å². The van der Waals surface area contributed by atoms with Crippen molar-refractivity contribution in [3.05, 3.63) is 35.1 Å². The molecule has 1 aromatic rings. The summed E-state index contributed by atoms with van der Waals surface area (Å²) in [6, 6.07) is 3.42. The average Bonchev–Trinajstić information content (AvgIpc) is 2.03. The predicted molar refractivity (Wildman–Crippen MR) is 38.2 cm³/mol. The number of benzene rings is 1. The number of hydrogen-bond acceptors (Lipinski definition) is 2. The Morgan fingerprint density at radius 3 is 2.58 bits per heavy atom. The number of rotatable bonds is 2. The van der Waals surface area contributed by atoms with Gasteiger partial charge < -0.3 is 5.11 Å². The number of carboxylic acids is 1. The first-order valence-electron chi connectivity index (χ1n) is 3.06. The largest absolute Gasteiger partial charge is 0.478 e. The van der Waals surface area contributed by atoms with E-state index in [2.05, 4.69) is 0 Å². The van der Waals surface area contributed by atoms with Crippen molar-refractivity contribution >= 4 is 12.3 Å². The molecular formula is C8H4FO3. The van der Waals surface area contributed by atoms with Crippen LogP contribution < -0.4 is 0 Å². The van der Waals surface area contributed by atoms with Crippen LogP contribution in [0.3, 0.4) is 0 Å². The minimum atomic E-state index is -1.47. The molecule has 0 unspecified atom stereocenters. The van der Waals surface area contributed by atoms with E-state index in [4.69, 9.17) is 5.11 Å². The van der Waals surface area contributed by atoms with E-state index in [1.807, 2.05) is 0 Å². The van der Waals surface area contributed by atoms with Crippen LogP contribution in [0, 0.1) is 5.82 Å². The summed E-state index contributed by atoms with van der Waals surface area (Å²) in [6.45, 7) is 0. The van der Waals surface area contributed by atoms with Crippen LogP contribution in [0.5, 0.6) is 0 Å². The van der Waals surface area contributed by atoms with Crippen LogP contribution in [-0.2, 0) is 4.79 Å². The van der Waals surface area contributed by atoms with E-state index in [-0.39, 0.29) is 5.56 Å². The Kier molecular flexibility index (Phi) is 2.19. The van der Waals surface area contributed by atoms with Crippen molar-refractivity contribution in [3.63, 3.8) is 0 Å². The predicted octanol–water partition coefficient (Wildman–Crippen LogP) is 0.982. The van der Waals surface area contributed by atoms with Gasteiger partial charge in [0.1, 0.15) is 11.4 Å². The highest BCUT2D eigenvalue weighted by atomic mass is 19.1. The first-order valence-corrected chi connectivity index (χ1v) is 3.06. The molecule has 3 nitrogen and oxygen atoms in total. The monoisotopic (exact) mass is 167 g/mol. The Labute approximate surface area is 67.4 Å². The molecule has 0 aliphatic heterocycles. The molecule has 0 heterocycles. The zero-order valence-electron chi connectivity index (χ0n) is 5.87. The van der Waals surface area contributed by atoms with Crippen LogP contribution in [0.25, 0.3) is 0 Å². The maximum atomic E-state index is 12.7. The zero-order chi connectivity index (χ0) is 9.14. The molecule has 0 aliphatic carbocycles. The van der Waals surface area contributed by atoms with Gasteiger partial charge >= 0.3 is 5.97 Å². The van der Waals surface area contributed by atoms with Crippen LogP contribution in [0.1, 0.15) is 15.9 Å². The molecule has 0 fully saturated rings. The Bertz CT molecular complexity index is 333. The van der Waals surface area contributed by atoms with Crippen molar-refractivity contribution in [2.24, 2.45) is 0 Å². The smallest absolute Gasteiger partial charge is 0.339 e. The minimum absolute atomic E-state index is 0.275. The van der Waals surface area contributed by atoms with Gasteiger partial charge in [-0.3, -0.25) is 4.79 Å². The normalized spacial score (nSPS) is 9.42. The fourth-order valence-electron chi connectivity index (χ4n) is 0.827. The highest BCUT2D eigenvalue weighted by Gasteiger charge is 2.14. The van der Waals surface area contributed by atoms with E-state index in [9.17, 15) is 14.0 Å².